The molecule has 1 amide bonds. The Morgan fingerprint density at radius 1 is 1.17 bits per heavy atom. The summed E-state index contributed by atoms with van der Waals surface area (Å²) in [4.78, 5) is 14.3. The Balaban J connectivity index is 1.73. The lowest BCUT2D eigenvalue weighted by Gasteiger charge is -2.23. The molecule has 0 heterocycles. The van der Waals surface area contributed by atoms with Gasteiger partial charge < -0.3 is 9.64 Å². The minimum atomic E-state index is -0.491. The summed E-state index contributed by atoms with van der Waals surface area (Å²) in [6.45, 7) is 0.245. The molecule has 0 spiro atoms. The highest BCUT2D eigenvalue weighted by Gasteiger charge is 2.32. The molecule has 0 unspecified atom stereocenters. The van der Waals surface area contributed by atoms with Crippen LogP contribution in [-0.4, -0.2) is 24.0 Å². The number of ether oxygens (including phenoxy) is 1. The van der Waals surface area contributed by atoms with Gasteiger partial charge in [0, 0.05) is 18.2 Å². The van der Waals surface area contributed by atoms with Gasteiger partial charge in [-0.25, -0.2) is 8.78 Å². The quantitative estimate of drug-likeness (QED) is 0.808. The Kier molecular flexibility index (Phi) is 4.79. The number of carbonyl (C=O) groups is 1. The molecule has 1 aliphatic carbocycles. The summed E-state index contributed by atoms with van der Waals surface area (Å²) in [5.74, 6) is -0.775. The van der Waals surface area contributed by atoms with Crippen LogP contribution in [0, 0.1) is 11.6 Å². The third-order valence-electron chi connectivity index (χ3n) is 4.18. The molecule has 2 aromatic rings. The number of hydrogen-bond donors (Lipinski definition) is 0. The van der Waals surface area contributed by atoms with Gasteiger partial charge in [0.05, 0.1) is 13.5 Å². The van der Waals surface area contributed by atoms with E-state index in [1.165, 1.54) is 25.3 Å². The van der Waals surface area contributed by atoms with Crippen molar-refractivity contribution >= 4 is 5.91 Å². The molecular weight excluding hydrogens is 312 g/mol. The first-order valence-electron chi connectivity index (χ1n) is 7.94. The minimum absolute atomic E-state index is 0.0892. The van der Waals surface area contributed by atoms with Crippen molar-refractivity contribution in [3.8, 4) is 5.75 Å². The molecule has 0 atom stereocenters. The van der Waals surface area contributed by atoms with E-state index < -0.39 is 5.82 Å². The number of nitrogens with zero attached hydrogens (tertiary/aromatic N) is 1. The van der Waals surface area contributed by atoms with Gasteiger partial charge in [0.1, 0.15) is 5.82 Å². The molecule has 2 aromatic carbocycles. The molecule has 1 fully saturated rings. The Hall–Kier alpha value is -2.43. The average molecular weight is 331 g/mol. The van der Waals surface area contributed by atoms with E-state index >= 15 is 0 Å². The van der Waals surface area contributed by atoms with Gasteiger partial charge in [-0.1, -0.05) is 24.3 Å². The Bertz CT molecular complexity index is 744. The summed E-state index contributed by atoms with van der Waals surface area (Å²) in [6, 6.07) is 11.1. The summed E-state index contributed by atoms with van der Waals surface area (Å²) in [6.07, 6.45) is 1.94. The van der Waals surface area contributed by atoms with Crippen LogP contribution in [0.15, 0.2) is 42.5 Å². The number of hydrogen-bond acceptors (Lipinski definition) is 2. The van der Waals surface area contributed by atoms with Crippen LogP contribution in [0.1, 0.15) is 24.0 Å². The predicted molar refractivity (Wildman–Crippen MR) is 86.6 cm³/mol. The predicted octanol–water partition coefficient (Wildman–Crippen LogP) is 3.71. The molecule has 0 bridgehead atoms. The molecule has 1 saturated carbocycles. The van der Waals surface area contributed by atoms with E-state index in [9.17, 15) is 13.6 Å². The molecule has 0 N–H and O–H groups in total. The topological polar surface area (TPSA) is 29.5 Å². The van der Waals surface area contributed by atoms with Gasteiger partial charge in [0.15, 0.2) is 11.6 Å². The zero-order chi connectivity index (χ0) is 17.1. The van der Waals surface area contributed by atoms with E-state index in [0.29, 0.717) is 11.1 Å². The van der Waals surface area contributed by atoms with Crippen molar-refractivity contribution < 1.29 is 18.3 Å². The standard InChI is InChI=1S/C19H19F2NO2/c1-24-18-9-6-13(10-17(18)21)11-19(23)22(15-7-8-15)12-14-4-2-3-5-16(14)20/h2-6,9-10,15H,7-8,11-12H2,1H3. The zero-order valence-electron chi connectivity index (χ0n) is 13.5. The van der Waals surface area contributed by atoms with Crippen molar-refractivity contribution in [2.75, 3.05) is 7.11 Å². The monoisotopic (exact) mass is 331 g/mol. The van der Waals surface area contributed by atoms with Crippen molar-refractivity contribution in [1.29, 1.82) is 0 Å². The summed E-state index contributed by atoms with van der Waals surface area (Å²) in [5, 5.41) is 0. The average Bonchev–Trinajstić information content (AvgIpc) is 3.39. The van der Waals surface area contributed by atoms with Gasteiger partial charge >= 0.3 is 0 Å². The van der Waals surface area contributed by atoms with Crippen LogP contribution in [-0.2, 0) is 17.8 Å². The number of amides is 1. The van der Waals surface area contributed by atoms with E-state index in [0.717, 1.165) is 12.8 Å². The maximum absolute atomic E-state index is 13.9. The van der Waals surface area contributed by atoms with Crippen LogP contribution in [0.4, 0.5) is 8.78 Å². The summed E-state index contributed by atoms with van der Waals surface area (Å²) < 4.78 is 32.5. The van der Waals surface area contributed by atoms with Gasteiger partial charge in [-0.05, 0) is 36.6 Å². The van der Waals surface area contributed by atoms with Crippen LogP contribution in [0.2, 0.25) is 0 Å². The first kappa shape index (κ1) is 16.4. The fourth-order valence-corrected chi connectivity index (χ4v) is 2.71. The largest absolute Gasteiger partial charge is 0.494 e. The van der Waals surface area contributed by atoms with Gasteiger partial charge in [-0.15, -0.1) is 0 Å². The number of halogens is 2. The maximum Gasteiger partial charge on any atom is 0.227 e. The van der Waals surface area contributed by atoms with Crippen LogP contribution >= 0.6 is 0 Å². The van der Waals surface area contributed by atoms with Gasteiger partial charge in [-0.2, -0.15) is 0 Å². The Morgan fingerprint density at radius 2 is 1.92 bits per heavy atom. The Labute approximate surface area is 139 Å². The molecule has 126 valence electrons. The van der Waals surface area contributed by atoms with E-state index in [1.54, 1.807) is 29.2 Å². The molecule has 24 heavy (non-hydrogen) atoms. The highest BCUT2D eigenvalue weighted by atomic mass is 19.1. The highest BCUT2D eigenvalue weighted by molar-refractivity contribution is 5.79. The molecular formula is C19H19F2NO2. The fourth-order valence-electron chi connectivity index (χ4n) is 2.71. The Morgan fingerprint density at radius 3 is 2.54 bits per heavy atom. The van der Waals surface area contributed by atoms with Crippen molar-refractivity contribution in [1.82, 2.24) is 4.90 Å². The summed E-state index contributed by atoms with van der Waals surface area (Å²) >= 11 is 0. The molecule has 0 radical (unpaired) electrons. The number of carbonyl (C=O) groups excluding carboxylic acids is 1. The first-order valence-corrected chi connectivity index (χ1v) is 7.94. The second-order valence-corrected chi connectivity index (χ2v) is 5.99. The second-order valence-electron chi connectivity index (χ2n) is 5.99. The van der Waals surface area contributed by atoms with Crippen molar-refractivity contribution in [3.05, 3.63) is 65.2 Å². The lowest BCUT2D eigenvalue weighted by atomic mass is 10.1. The van der Waals surface area contributed by atoms with Gasteiger partial charge in [-0.3, -0.25) is 4.79 Å². The lowest BCUT2D eigenvalue weighted by molar-refractivity contribution is -0.131. The molecule has 1 aliphatic rings. The maximum atomic E-state index is 13.9. The third-order valence-corrected chi connectivity index (χ3v) is 4.18. The van der Waals surface area contributed by atoms with E-state index in [4.69, 9.17) is 4.74 Å². The number of methoxy groups -OCH3 is 1. The van der Waals surface area contributed by atoms with Crippen LogP contribution in [0.25, 0.3) is 0 Å². The smallest absolute Gasteiger partial charge is 0.227 e. The highest BCUT2D eigenvalue weighted by Crippen LogP contribution is 2.29. The normalized spacial score (nSPS) is 13.6. The molecule has 0 saturated heterocycles. The van der Waals surface area contributed by atoms with E-state index in [2.05, 4.69) is 0 Å². The van der Waals surface area contributed by atoms with Gasteiger partial charge in [0.2, 0.25) is 5.91 Å². The second kappa shape index (κ2) is 6.99. The molecule has 5 heteroatoms. The zero-order valence-corrected chi connectivity index (χ0v) is 13.5. The van der Waals surface area contributed by atoms with Crippen LogP contribution in [0.3, 0.4) is 0 Å². The number of rotatable bonds is 6. The first-order chi connectivity index (χ1) is 11.6. The van der Waals surface area contributed by atoms with Crippen LogP contribution in [0.5, 0.6) is 5.75 Å². The van der Waals surface area contributed by atoms with E-state index in [1.807, 2.05) is 0 Å². The SMILES string of the molecule is COc1ccc(CC(=O)N(Cc2ccccc2F)C2CC2)cc1F. The van der Waals surface area contributed by atoms with Crippen LogP contribution < -0.4 is 4.74 Å². The van der Waals surface area contributed by atoms with Gasteiger partial charge in [0.25, 0.3) is 0 Å². The molecule has 3 nitrogen and oxygen atoms in total. The van der Waals surface area contributed by atoms with Crippen molar-refractivity contribution in [2.24, 2.45) is 0 Å². The third kappa shape index (κ3) is 3.72. The minimum Gasteiger partial charge on any atom is -0.494 e. The fraction of sp³-hybridized carbons (Fsp3) is 0.316. The lowest BCUT2D eigenvalue weighted by Crippen LogP contribution is -2.34. The molecule has 3 rings (SSSR count). The van der Waals surface area contributed by atoms with E-state index in [-0.39, 0.29) is 36.5 Å². The summed E-state index contributed by atoms with van der Waals surface area (Å²) in [5.41, 5.74) is 1.08. The summed E-state index contributed by atoms with van der Waals surface area (Å²) in [7, 11) is 1.40. The number of benzene rings is 2. The molecule has 0 aliphatic heterocycles. The van der Waals surface area contributed by atoms with Crippen molar-refractivity contribution in [3.63, 3.8) is 0 Å². The molecule has 0 aromatic heterocycles. The van der Waals surface area contributed by atoms with Crippen molar-refractivity contribution in [2.45, 2.75) is 31.8 Å².